The van der Waals surface area contributed by atoms with Crippen molar-refractivity contribution >= 4 is 50.6 Å². The second-order valence-electron chi connectivity index (χ2n) is 7.75. The Morgan fingerprint density at radius 1 is 0.923 bits per heavy atom. The van der Waals surface area contributed by atoms with Crippen molar-refractivity contribution in [2.75, 3.05) is 9.73 Å². The first kappa shape index (κ1) is 32.3. The zero-order chi connectivity index (χ0) is 26.7. The number of anilines is 2. The number of benzene rings is 3. The van der Waals surface area contributed by atoms with E-state index in [0.717, 1.165) is 18.2 Å². The molecule has 0 saturated carbocycles. The molecule has 1 aliphatic heterocycles. The number of rotatable bonds is 8. The Hall–Kier alpha value is -2.91. The quantitative estimate of drug-likeness (QED) is 0.210. The predicted octanol–water partition coefficient (Wildman–Crippen LogP) is -4.90. The number of amides is 1. The van der Waals surface area contributed by atoms with Gasteiger partial charge >= 0.3 is 59.1 Å². The molecule has 0 fully saturated rings. The number of nitrogens with one attached hydrogen (secondary N) is 1. The summed E-state index contributed by atoms with van der Waals surface area (Å²) in [7, 11) is -4.56. The van der Waals surface area contributed by atoms with Crippen LogP contribution < -0.4 is 79.1 Å². The van der Waals surface area contributed by atoms with Gasteiger partial charge in [0, 0.05) is 11.1 Å². The van der Waals surface area contributed by atoms with Crippen molar-refractivity contribution < 1.29 is 92.1 Å². The fraction of sp³-hybridized carbons (Fsp3) is 0.0833. The van der Waals surface area contributed by atoms with E-state index in [1.54, 1.807) is 37.3 Å². The van der Waals surface area contributed by atoms with Gasteiger partial charge in [0.25, 0.3) is 15.9 Å². The third-order valence-corrected chi connectivity index (χ3v) is 6.67. The Kier molecular flexibility index (Phi) is 11.1. The van der Waals surface area contributed by atoms with Crippen LogP contribution in [0.25, 0.3) is 0 Å². The van der Waals surface area contributed by atoms with Gasteiger partial charge in [0.2, 0.25) is 0 Å². The van der Waals surface area contributed by atoms with Crippen molar-refractivity contribution in [1.29, 1.82) is 0 Å². The number of hydrazone groups is 1. The molecular weight excluding hydrogens is 548 g/mol. The topological polar surface area (TPSA) is 184 Å². The minimum Gasteiger partial charge on any atom is -0.545 e. The van der Waals surface area contributed by atoms with E-state index in [0.29, 0.717) is 11.4 Å². The van der Waals surface area contributed by atoms with Crippen LogP contribution in [0.5, 0.6) is 0 Å². The summed E-state index contributed by atoms with van der Waals surface area (Å²) in [5.74, 6) is -3.92. The molecule has 39 heavy (non-hydrogen) atoms. The summed E-state index contributed by atoms with van der Waals surface area (Å²) in [6, 6.07) is 15.7. The van der Waals surface area contributed by atoms with Crippen LogP contribution in [0.3, 0.4) is 0 Å². The molecule has 0 radical (unpaired) electrons. The zero-order valence-corrected chi connectivity index (χ0v) is 25.9. The zero-order valence-electron chi connectivity index (χ0n) is 21.1. The van der Waals surface area contributed by atoms with E-state index >= 15 is 0 Å². The summed E-state index contributed by atoms with van der Waals surface area (Å²) in [6.45, 7) is 1.59. The number of aromatic carboxylic acids is 2. The molecule has 12 nitrogen and oxygen atoms in total. The summed E-state index contributed by atoms with van der Waals surface area (Å²) in [4.78, 5) is 35.1. The molecule has 0 bridgehead atoms. The molecule has 4 rings (SSSR count). The molecular formula is C24H17N5Na2O7S. The number of azo groups is 1. The van der Waals surface area contributed by atoms with Gasteiger partial charge in [0.15, 0.2) is 6.04 Å². The average Bonchev–Trinajstić information content (AvgIpc) is 3.16. The van der Waals surface area contributed by atoms with Crippen LogP contribution in [-0.2, 0) is 14.8 Å². The number of sulfonamides is 1. The average molecular weight is 565 g/mol. The molecule has 0 saturated heterocycles. The predicted molar refractivity (Wildman–Crippen MR) is 128 cm³/mol. The summed E-state index contributed by atoms with van der Waals surface area (Å²) in [6.07, 6.45) is 0. The molecule has 1 N–H and O–H groups in total. The molecule has 1 amide bonds. The number of nitrogens with zero attached hydrogens (tertiary/aromatic N) is 4. The van der Waals surface area contributed by atoms with Gasteiger partial charge in [-0.3, -0.25) is 9.52 Å². The van der Waals surface area contributed by atoms with Crippen LogP contribution in [0.1, 0.15) is 27.6 Å². The Balaban J connectivity index is 0.00000267. The van der Waals surface area contributed by atoms with Crippen LogP contribution in [0.15, 0.2) is 93.0 Å². The molecule has 1 unspecified atom stereocenters. The first-order valence-corrected chi connectivity index (χ1v) is 12.1. The van der Waals surface area contributed by atoms with E-state index in [2.05, 4.69) is 15.3 Å². The maximum atomic E-state index is 12.9. The minimum atomic E-state index is -4.56. The molecule has 0 aromatic heterocycles. The molecule has 3 aromatic carbocycles. The molecule has 0 spiro atoms. The van der Waals surface area contributed by atoms with Crippen molar-refractivity contribution in [2.45, 2.75) is 17.9 Å². The Morgan fingerprint density at radius 2 is 1.54 bits per heavy atom. The number of hydrogen-bond donors (Lipinski definition) is 1. The second kappa shape index (κ2) is 13.4. The number of carbonyl (C=O) groups excluding carboxylic acids is 3. The third kappa shape index (κ3) is 7.19. The molecule has 188 valence electrons. The van der Waals surface area contributed by atoms with Gasteiger partial charge in [-0.15, -0.1) is 0 Å². The van der Waals surface area contributed by atoms with Gasteiger partial charge < -0.3 is 19.8 Å². The van der Waals surface area contributed by atoms with E-state index in [1.165, 1.54) is 29.3 Å². The molecule has 1 aliphatic rings. The number of carbonyl (C=O) groups is 3. The fourth-order valence-electron chi connectivity index (χ4n) is 3.49. The van der Waals surface area contributed by atoms with Crippen molar-refractivity contribution in [3.8, 4) is 0 Å². The molecule has 1 heterocycles. The van der Waals surface area contributed by atoms with Crippen LogP contribution in [0.2, 0.25) is 0 Å². The normalized spacial score (nSPS) is 14.8. The summed E-state index contributed by atoms with van der Waals surface area (Å²) in [5, 5.41) is 36.3. The van der Waals surface area contributed by atoms with Crippen molar-refractivity contribution in [1.82, 2.24) is 0 Å². The van der Waals surface area contributed by atoms with E-state index in [-0.39, 0.29) is 70.5 Å². The van der Waals surface area contributed by atoms with Gasteiger partial charge in [-0.25, -0.2) is 8.42 Å². The smallest absolute Gasteiger partial charge is 0.545 e. The molecule has 0 aliphatic carbocycles. The van der Waals surface area contributed by atoms with Crippen LogP contribution in [0.4, 0.5) is 17.1 Å². The van der Waals surface area contributed by atoms with Gasteiger partial charge in [-0.05, 0) is 43.3 Å². The first-order chi connectivity index (χ1) is 17.6. The van der Waals surface area contributed by atoms with E-state index in [9.17, 15) is 33.0 Å². The standard InChI is InChI=1S/C24H19N5O7S.2Na/c1-14-21(22(30)29(27-14)16-7-3-2-4-8-16)26-25-15-11-12-20(18(13-15)24(33)34)37(35,36)28-19-10-6-5-9-17(19)23(31)32;;/h2-13,21,28H,1H3,(H,31,32)(H,33,34);;/q;2*+1/p-2. The monoisotopic (exact) mass is 565 g/mol. The van der Waals surface area contributed by atoms with Gasteiger partial charge in [-0.2, -0.15) is 20.3 Å². The summed E-state index contributed by atoms with van der Waals surface area (Å²) < 4.78 is 27.9. The van der Waals surface area contributed by atoms with Crippen molar-refractivity contribution in [3.05, 3.63) is 83.9 Å². The van der Waals surface area contributed by atoms with Crippen LogP contribution >= 0.6 is 0 Å². The number of para-hydroxylation sites is 2. The number of carboxylic acid groups (broad SMARTS) is 2. The third-order valence-electron chi connectivity index (χ3n) is 5.25. The van der Waals surface area contributed by atoms with Crippen molar-refractivity contribution in [3.63, 3.8) is 0 Å². The fourth-order valence-corrected chi connectivity index (χ4v) is 4.75. The first-order valence-electron chi connectivity index (χ1n) is 10.6. The summed E-state index contributed by atoms with van der Waals surface area (Å²) >= 11 is 0. The van der Waals surface area contributed by atoms with E-state index < -0.39 is 49.9 Å². The molecule has 1 atom stereocenters. The summed E-state index contributed by atoms with van der Waals surface area (Å²) in [5.41, 5.74) is -0.669. The van der Waals surface area contributed by atoms with Gasteiger partial charge in [-0.1, -0.05) is 36.4 Å². The maximum Gasteiger partial charge on any atom is 1.00 e. The Bertz CT molecular complexity index is 1580. The number of hydrogen-bond acceptors (Lipinski definition) is 10. The van der Waals surface area contributed by atoms with Crippen LogP contribution in [-0.4, -0.2) is 38.0 Å². The number of carboxylic acids is 2. The second-order valence-corrected chi connectivity index (χ2v) is 9.40. The van der Waals surface area contributed by atoms with E-state index in [1.807, 2.05) is 4.72 Å². The maximum absolute atomic E-state index is 12.9. The molecule has 3 aromatic rings. The molecule has 15 heteroatoms. The Labute approximate surface area is 267 Å². The SMILES string of the molecule is CC1=NN(c2ccccc2)C(=O)C1N=Nc1ccc(S(=O)(=O)Nc2ccccc2C(=O)[O-])c(C(=O)[O-])c1.[Na+].[Na+]. The van der Waals surface area contributed by atoms with E-state index in [4.69, 9.17) is 0 Å². The largest absolute Gasteiger partial charge is 1.00 e. The Morgan fingerprint density at radius 3 is 2.18 bits per heavy atom. The van der Waals surface area contributed by atoms with Gasteiger partial charge in [0.1, 0.15) is 0 Å². The van der Waals surface area contributed by atoms with Crippen LogP contribution in [0, 0.1) is 0 Å². The minimum absolute atomic E-state index is 0. The van der Waals surface area contributed by atoms with Gasteiger partial charge in [0.05, 0.1) is 39.6 Å². The van der Waals surface area contributed by atoms with Crippen molar-refractivity contribution in [2.24, 2.45) is 15.3 Å².